The molecule has 0 bridgehead atoms. The van der Waals surface area contributed by atoms with E-state index in [1.165, 1.54) is 42.1 Å². The molecule has 170 valence electrons. The van der Waals surface area contributed by atoms with Gasteiger partial charge in [0.15, 0.2) is 0 Å². The third-order valence-corrected chi connectivity index (χ3v) is 8.05. The minimum atomic E-state index is 1.15. The minimum Gasteiger partial charge on any atom is -0.310 e. The molecular formula is C34H23NS. The molecule has 0 atom stereocenters. The molecule has 6 aromatic carbocycles. The molecule has 0 unspecified atom stereocenters. The summed E-state index contributed by atoms with van der Waals surface area (Å²) in [6.07, 6.45) is 0. The van der Waals surface area contributed by atoms with Crippen molar-refractivity contribution >= 4 is 59.3 Å². The van der Waals surface area contributed by atoms with Crippen LogP contribution in [0.25, 0.3) is 42.1 Å². The molecule has 0 radical (unpaired) electrons. The van der Waals surface area contributed by atoms with Crippen molar-refractivity contribution in [3.63, 3.8) is 0 Å². The first-order valence-corrected chi connectivity index (χ1v) is 13.0. The predicted molar refractivity (Wildman–Crippen MR) is 157 cm³/mol. The molecule has 36 heavy (non-hydrogen) atoms. The van der Waals surface area contributed by atoms with Crippen molar-refractivity contribution in [3.05, 3.63) is 140 Å². The molecule has 0 aliphatic rings. The van der Waals surface area contributed by atoms with Gasteiger partial charge in [0.25, 0.3) is 0 Å². The molecule has 0 aliphatic heterocycles. The van der Waals surface area contributed by atoms with Crippen molar-refractivity contribution in [2.24, 2.45) is 0 Å². The molecule has 0 aliphatic carbocycles. The van der Waals surface area contributed by atoms with Gasteiger partial charge in [-0.05, 0) is 65.0 Å². The van der Waals surface area contributed by atoms with Crippen LogP contribution in [0.5, 0.6) is 0 Å². The van der Waals surface area contributed by atoms with Crippen molar-refractivity contribution in [1.29, 1.82) is 0 Å². The third-order valence-electron chi connectivity index (χ3n) is 6.83. The average molecular weight is 478 g/mol. The molecule has 0 spiro atoms. The molecule has 7 rings (SSSR count). The Bertz CT molecular complexity index is 1780. The Morgan fingerprint density at radius 1 is 0.417 bits per heavy atom. The first-order chi connectivity index (χ1) is 17.9. The highest BCUT2D eigenvalue weighted by molar-refractivity contribution is 7.26. The quantitative estimate of drug-likeness (QED) is 0.244. The SMILES string of the molecule is c1ccc(-c2cc3c4cc(N(c5ccccc5)c5ccccc5)ccc4sc3c3ccccc23)cc1. The van der Waals surface area contributed by atoms with Gasteiger partial charge in [-0.15, -0.1) is 11.3 Å². The van der Waals surface area contributed by atoms with Gasteiger partial charge in [0, 0.05) is 42.6 Å². The van der Waals surface area contributed by atoms with Gasteiger partial charge in [0.2, 0.25) is 0 Å². The average Bonchev–Trinajstić information content (AvgIpc) is 3.33. The summed E-state index contributed by atoms with van der Waals surface area (Å²) >= 11 is 1.89. The van der Waals surface area contributed by atoms with Crippen molar-refractivity contribution in [3.8, 4) is 11.1 Å². The molecule has 2 heteroatoms. The van der Waals surface area contributed by atoms with E-state index in [0.717, 1.165) is 17.1 Å². The lowest BCUT2D eigenvalue weighted by Gasteiger charge is -2.25. The number of rotatable bonds is 4. The van der Waals surface area contributed by atoms with E-state index in [-0.39, 0.29) is 0 Å². The number of fused-ring (bicyclic) bond motifs is 5. The van der Waals surface area contributed by atoms with Crippen LogP contribution in [-0.4, -0.2) is 0 Å². The highest BCUT2D eigenvalue weighted by atomic mass is 32.1. The van der Waals surface area contributed by atoms with Crippen LogP contribution in [0.3, 0.4) is 0 Å². The normalized spacial score (nSPS) is 11.3. The maximum absolute atomic E-state index is 2.39. The Morgan fingerprint density at radius 2 is 1.00 bits per heavy atom. The summed E-state index contributed by atoms with van der Waals surface area (Å²) in [6, 6.07) is 50.0. The van der Waals surface area contributed by atoms with Gasteiger partial charge >= 0.3 is 0 Å². The lowest BCUT2D eigenvalue weighted by molar-refractivity contribution is 1.29. The van der Waals surface area contributed by atoms with Crippen molar-refractivity contribution in [1.82, 2.24) is 0 Å². The number of anilines is 3. The molecule has 7 aromatic rings. The first-order valence-electron chi connectivity index (χ1n) is 12.2. The molecule has 0 fully saturated rings. The van der Waals surface area contributed by atoms with Gasteiger partial charge in [-0.3, -0.25) is 0 Å². The highest BCUT2D eigenvalue weighted by Gasteiger charge is 2.16. The Hall–Kier alpha value is -4.40. The third kappa shape index (κ3) is 3.46. The second kappa shape index (κ2) is 8.67. The van der Waals surface area contributed by atoms with E-state index in [1.54, 1.807) is 0 Å². The fourth-order valence-electron chi connectivity index (χ4n) is 5.18. The maximum atomic E-state index is 2.39. The minimum absolute atomic E-state index is 1.15. The van der Waals surface area contributed by atoms with Gasteiger partial charge < -0.3 is 4.90 Å². The molecule has 1 nitrogen and oxygen atoms in total. The van der Waals surface area contributed by atoms with E-state index in [9.17, 15) is 0 Å². The van der Waals surface area contributed by atoms with Crippen LogP contribution in [0.2, 0.25) is 0 Å². The van der Waals surface area contributed by atoms with Crippen LogP contribution in [0.4, 0.5) is 17.1 Å². The van der Waals surface area contributed by atoms with Gasteiger partial charge in [0.1, 0.15) is 0 Å². The fourth-order valence-corrected chi connectivity index (χ4v) is 6.38. The number of hydrogen-bond donors (Lipinski definition) is 0. The summed E-state index contributed by atoms with van der Waals surface area (Å²) in [4.78, 5) is 2.34. The maximum Gasteiger partial charge on any atom is 0.0468 e. The second-order valence-electron chi connectivity index (χ2n) is 9.00. The summed E-state index contributed by atoms with van der Waals surface area (Å²) in [6.45, 7) is 0. The highest BCUT2D eigenvalue weighted by Crippen LogP contribution is 2.45. The molecule has 0 amide bonds. The van der Waals surface area contributed by atoms with E-state index >= 15 is 0 Å². The summed E-state index contributed by atoms with van der Waals surface area (Å²) in [5.74, 6) is 0. The zero-order chi connectivity index (χ0) is 23.9. The monoisotopic (exact) mass is 477 g/mol. The Kier molecular flexibility index (Phi) is 5.04. The summed E-state index contributed by atoms with van der Waals surface area (Å²) < 4.78 is 2.66. The Labute approximate surface area is 214 Å². The van der Waals surface area contributed by atoms with Gasteiger partial charge in [-0.25, -0.2) is 0 Å². The molecule has 0 saturated heterocycles. The van der Waals surface area contributed by atoms with E-state index < -0.39 is 0 Å². The number of benzene rings is 6. The van der Waals surface area contributed by atoms with Crippen LogP contribution in [0.1, 0.15) is 0 Å². The zero-order valence-electron chi connectivity index (χ0n) is 19.6. The van der Waals surface area contributed by atoms with Crippen LogP contribution in [0, 0.1) is 0 Å². The van der Waals surface area contributed by atoms with Gasteiger partial charge in [-0.2, -0.15) is 0 Å². The summed E-state index contributed by atoms with van der Waals surface area (Å²) in [5.41, 5.74) is 6.00. The second-order valence-corrected chi connectivity index (χ2v) is 10.1. The van der Waals surface area contributed by atoms with E-state index in [0.29, 0.717) is 0 Å². The molecule has 0 N–H and O–H groups in total. The number of thiophene rings is 1. The Morgan fingerprint density at radius 3 is 1.67 bits per heavy atom. The van der Waals surface area contributed by atoms with Crippen LogP contribution in [0.15, 0.2) is 140 Å². The van der Waals surface area contributed by atoms with Crippen LogP contribution in [-0.2, 0) is 0 Å². The fraction of sp³-hybridized carbons (Fsp3) is 0. The number of hydrogen-bond acceptors (Lipinski definition) is 2. The lowest BCUT2D eigenvalue weighted by Crippen LogP contribution is -2.09. The van der Waals surface area contributed by atoms with Crippen LogP contribution < -0.4 is 4.90 Å². The number of nitrogens with zero attached hydrogens (tertiary/aromatic N) is 1. The van der Waals surface area contributed by atoms with Crippen molar-refractivity contribution in [2.75, 3.05) is 4.90 Å². The number of para-hydroxylation sites is 2. The van der Waals surface area contributed by atoms with Gasteiger partial charge in [0.05, 0.1) is 0 Å². The van der Waals surface area contributed by atoms with Crippen LogP contribution >= 0.6 is 11.3 Å². The Balaban J connectivity index is 1.51. The molecule has 1 aromatic heterocycles. The van der Waals surface area contributed by atoms with Gasteiger partial charge in [-0.1, -0.05) is 91.0 Å². The standard InChI is InChI=1S/C34H23NS/c1-4-12-24(13-5-1)30-23-32-31-22-27(20-21-33(31)36-34(32)29-19-11-10-18-28(29)30)35(25-14-6-2-7-15-25)26-16-8-3-9-17-26/h1-23H. The molecule has 0 saturated carbocycles. The topological polar surface area (TPSA) is 3.24 Å². The molecular weight excluding hydrogens is 454 g/mol. The summed E-state index contributed by atoms with van der Waals surface area (Å²) in [7, 11) is 0. The molecule has 1 heterocycles. The lowest BCUT2D eigenvalue weighted by atomic mass is 9.95. The van der Waals surface area contributed by atoms with Crippen molar-refractivity contribution in [2.45, 2.75) is 0 Å². The largest absolute Gasteiger partial charge is 0.310 e. The zero-order valence-corrected chi connectivity index (χ0v) is 20.5. The first kappa shape index (κ1) is 20.9. The van der Waals surface area contributed by atoms with Crippen molar-refractivity contribution < 1.29 is 0 Å². The van der Waals surface area contributed by atoms with E-state index in [1.807, 2.05) is 11.3 Å². The van der Waals surface area contributed by atoms with E-state index in [4.69, 9.17) is 0 Å². The predicted octanol–water partition coefficient (Wildman–Crippen LogP) is 10.3. The van der Waals surface area contributed by atoms with E-state index in [2.05, 4.69) is 144 Å². The smallest absolute Gasteiger partial charge is 0.0468 e. The summed E-state index contributed by atoms with van der Waals surface area (Å²) in [5, 5.41) is 5.24.